The van der Waals surface area contributed by atoms with Gasteiger partial charge in [-0.1, -0.05) is 18.2 Å². The quantitative estimate of drug-likeness (QED) is 0.365. The van der Waals surface area contributed by atoms with Crippen LogP contribution in [0.1, 0.15) is 22.3 Å². The number of carbonyl (C=O) groups excluding carboxylic acids is 1. The van der Waals surface area contributed by atoms with Crippen LogP contribution in [0.5, 0.6) is 11.5 Å². The number of ether oxygens (including phenoxy) is 2. The molecule has 5 N–H and O–H groups in total. The molecule has 5 atom stereocenters. The number of phenolic OH excluding ortho intramolecular Hbond substituents is 1. The number of benzene rings is 2. The van der Waals surface area contributed by atoms with Crippen molar-refractivity contribution in [3.63, 3.8) is 0 Å². The zero-order valence-electron chi connectivity index (χ0n) is 18.0. The molecular formula is C23H29NO8. The summed E-state index contributed by atoms with van der Waals surface area (Å²) in [5.41, 5.74) is 1.92. The Morgan fingerprint density at radius 2 is 1.72 bits per heavy atom. The molecule has 2 aromatic rings. The van der Waals surface area contributed by atoms with Gasteiger partial charge in [0, 0.05) is 26.2 Å². The van der Waals surface area contributed by atoms with Gasteiger partial charge in [0.2, 0.25) is 6.29 Å². The van der Waals surface area contributed by atoms with Gasteiger partial charge in [0.25, 0.3) is 0 Å². The van der Waals surface area contributed by atoms with Crippen molar-refractivity contribution in [3.8, 4) is 11.5 Å². The first-order chi connectivity index (χ1) is 15.2. The van der Waals surface area contributed by atoms with Gasteiger partial charge < -0.3 is 39.9 Å². The molecule has 9 nitrogen and oxygen atoms in total. The van der Waals surface area contributed by atoms with E-state index in [1.54, 1.807) is 0 Å². The van der Waals surface area contributed by atoms with E-state index in [9.17, 15) is 30.3 Å². The molecular weight excluding hydrogens is 418 g/mol. The zero-order chi connectivity index (χ0) is 23.4. The average molecular weight is 447 g/mol. The predicted molar refractivity (Wildman–Crippen MR) is 116 cm³/mol. The van der Waals surface area contributed by atoms with Gasteiger partial charge in [0.05, 0.1) is 6.61 Å². The van der Waals surface area contributed by atoms with Crippen LogP contribution >= 0.6 is 0 Å². The average Bonchev–Trinajstić information content (AvgIpc) is 2.78. The maximum absolute atomic E-state index is 12.9. The number of anilines is 1. The standard InChI is InChI=1S/C23H29NO8/c1-24(2)14-9-6-13(7-10-14)8-11-16(27)19-15(26)4-3-5-17(19)31-23-22(30)21(29)20(28)18(12-25)32-23/h3-7,9-10,18,20-23,25-26,28-30H,8,11-12H2,1-2H3/t18-,20-,21+,22-,23-/m1/s1. The molecule has 0 bridgehead atoms. The number of carbonyl (C=O) groups is 1. The molecule has 0 unspecified atom stereocenters. The molecule has 0 aliphatic carbocycles. The highest BCUT2D eigenvalue weighted by atomic mass is 16.7. The fraction of sp³-hybridized carbons (Fsp3) is 0.435. The monoisotopic (exact) mass is 447 g/mol. The first kappa shape index (κ1) is 24.0. The van der Waals surface area contributed by atoms with Crippen molar-refractivity contribution in [1.82, 2.24) is 0 Å². The van der Waals surface area contributed by atoms with Crippen molar-refractivity contribution in [3.05, 3.63) is 53.6 Å². The summed E-state index contributed by atoms with van der Waals surface area (Å²) < 4.78 is 10.9. The molecule has 0 amide bonds. The third-order valence-electron chi connectivity index (χ3n) is 5.47. The van der Waals surface area contributed by atoms with Crippen LogP contribution in [0.4, 0.5) is 5.69 Å². The molecule has 2 aromatic carbocycles. The van der Waals surface area contributed by atoms with Crippen molar-refractivity contribution in [1.29, 1.82) is 0 Å². The number of hydrogen-bond acceptors (Lipinski definition) is 9. The van der Waals surface area contributed by atoms with Crippen LogP contribution in [0.25, 0.3) is 0 Å². The van der Waals surface area contributed by atoms with Gasteiger partial charge in [-0.3, -0.25) is 4.79 Å². The lowest BCUT2D eigenvalue weighted by Crippen LogP contribution is -2.60. The molecule has 0 aromatic heterocycles. The third-order valence-corrected chi connectivity index (χ3v) is 5.47. The van der Waals surface area contributed by atoms with Gasteiger partial charge in [0.15, 0.2) is 5.78 Å². The number of ketones is 1. The lowest BCUT2D eigenvalue weighted by molar-refractivity contribution is -0.277. The Kier molecular flexibility index (Phi) is 7.70. The second kappa shape index (κ2) is 10.3. The van der Waals surface area contributed by atoms with E-state index in [1.807, 2.05) is 43.3 Å². The minimum absolute atomic E-state index is 0.0396. The van der Waals surface area contributed by atoms with Crippen molar-refractivity contribution in [2.24, 2.45) is 0 Å². The summed E-state index contributed by atoms with van der Waals surface area (Å²) in [5, 5.41) is 49.7. The lowest BCUT2D eigenvalue weighted by Gasteiger charge is -2.39. The van der Waals surface area contributed by atoms with E-state index in [0.29, 0.717) is 6.42 Å². The van der Waals surface area contributed by atoms with Gasteiger partial charge >= 0.3 is 0 Å². The Hall–Kier alpha value is -2.69. The number of aryl methyl sites for hydroxylation is 1. The van der Waals surface area contributed by atoms with E-state index < -0.39 is 37.3 Å². The zero-order valence-corrected chi connectivity index (χ0v) is 18.0. The van der Waals surface area contributed by atoms with E-state index in [0.717, 1.165) is 11.3 Å². The minimum atomic E-state index is -1.63. The summed E-state index contributed by atoms with van der Waals surface area (Å²) in [6.07, 6.45) is -6.85. The fourth-order valence-electron chi connectivity index (χ4n) is 3.53. The van der Waals surface area contributed by atoms with E-state index in [4.69, 9.17) is 9.47 Å². The van der Waals surface area contributed by atoms with Crippen LogP contribution in [0.15, 0.2) is 42.5 Å². The molecule has 1 aliphatic rings. The number of phenols is 1. The van der Waals surface area contributed by atoms with Crippen molar-refractivity contribution < 1.29 is 39.8 Å². The summed E-state index contributed by atoms with van der Waals surface area (Å²) in [5.74, 6) is -0.707. The first-order valence-corrected chi connectivity index (χ1v) is 10.3. The fourth-order valence-corrected chi connectivity index (χ4v) is 3.53. The Morgan fingerprint density at radius 1 is 1.03 bits per heavy atom. The Bertz CT molecular complexity index is 915. The number of nitrogens with zero attached hydrogens (tertiary/aromatic N) is 1. The molecule has 0 saturated carbocycles. The second-order valence-electron chi connectivity index (χ2n) is 7.95. The molecule has 3 rings (SSSR count). The van der Waals surface area contributed by atoms with E-state index in [1.165, 1.54) is 18.2 Å². The molecule has 1 fully saturated rings. The summed E-state index contributed by atoms with van der Waals surface area (Å²) in [7, 11) is 3.88. The molecule has 9 heteroatoms. The lowest BCUT2D eigenvalue weighted by atomic mass is 9.99. The number of hydrogen-bond donors (Lipinski definition) is 5. The van der Waals surface area contributed by atoms with Crippen molar-refractivity contribution >= 4 is 11.5 Å². The van der Waals surface area contributed by atoms with Crippen LogP contribution in [0.3, 0.4) is 0 Å². The maximum Gasteiger partial charge on any atom is 0.229 e. The van der Waals surface area contributed by atoms with Gasteiger partial charge in [-0.05, 0) is 36.2 Å². The van der Waals surface area contributed by atoms with Gasteiger partial charge in [-0.15, -0.1) is 0 Å². The van der Waals surface area contributed by atoms with E-state index in [2.05, 4.69) is 0 Å². The molecule has 174 valence electrons. The highest BCUT2D eigenvalue weighted by Crippen LogP contribution is 2.32. The number of aliphatic hydroxyl groups excluding tert-OH is 4. The topological polar surface area (TPSA) is 140 Å². The van der Waals surface area contributed by atoms with E-state index in [-0.39, 0.29) is 29.3 Å². The predicted octanol–water partition coefficient (Wildman–Crippen LogP) is 0.452. The molecule has 0 radical (unpaired) electrons. The number of aromatic hydroxyl groups is 1. The Labute approximate surface area is 186 Å². The van der Waals surface area contributed by atoms with E-state index >= 15 is 0 Å². The first-order valence-electron chi connectivity index (χ1n) is 10.3. The van der Waals surface area contributed by atoms with Gasteiger partial charge in [-0.2, -0.15) is 0 Å². The highest BCUT2D eigenvalue weighted by molar-refractivity contribution is 6.01. The van der Waals surface area contributed by atoms with Crippen LogP contribution in [-0.2, 0) is 11.2 Å². The summed E-state index contributed by atoms with van der Waals surface area (Å²) in [6.45, 7) is -0.608. The second-order valence-corrected chi connectivity index (χ2v) is 7.95. The molecule has 1 saturated heterocycles. The largest absolute Gasteiger partial charge is 0.507 e. The molecule has 1 aliphatic heterocycles. The van der Waals surface area contributed by atoms with Gasteiger partial charge in [-0.25, -0.2) is 0 Å². The minimum Gasteiger partial charge on any atom is -0.507 e. The molecule has 0 spiro atoms. The smallest absolute Gasteiger partial charge is 0.229 e. The summed E-state index contributed by atoms with van der Waals surface area (Å²) in [6, 6.07) is 12.0. The Morgan fingerprint density at radius 3 is 2.34 bits per heavy atom. The number of rotatable bonds is 8. The molecule has 32 heavy (non-hydrogen) atoms. The third kappa shape index (κ3) is 5.20. The van der Waals surface area contributed by atoms with Crippen LogP contribution in [0, 0.1) is 0 Å². The highest BCUT2D eigenvalue weighted by Gasteiger charge is 2.45. The maximum atomic E-state index is 12.9. The van der Waals surface area contributed by atoms with Crippen molar-refractivity contribution in [2.75, 3.05) is 25.6 Å². The van der Waals surface area contributed by atoms with Crippen LogP contribution in [-0.4, -0.2) is 82.7 Å². The summed E-state index contributed by atoms with van der Waals surface area (Å²) >= 11 is 0. The summed E-state index contributed by atoms with van der Waals surface area (Å²) in [4.78, 5) is 14.9. The SMILES string of the molecule is CN(C)c1ccc(CCC(=O)c2c(O)cccc2O[C@@H]2O[C@H](CO)[C@@H](O)[C@H](O)[C@H]2O)cc1. The normalized spacial score (nSPS) is 25.4. The van der Waals surface area contributed by atoms with Crippen LogP contribution in [0.2, 0.25) is 0 Å². The van der Waals surface area contributed by atoms with Crippen LogP contribution < -0.4 is 9.64 Å². The number of aliphatic hydroxyl groups is 4. The molecule has 1 heterocycles. The van der Waals surface area contributed by atoms with Crippen molar-refractivity contribution in [2.45, 2.75) is 43.5 Å². The number of Topliss-reactive ketones (excluding diaryl/α,β-unsaturated/α-hetero) is 1. The van der Waals surface area contributed by atoms with Gasteiger partial charge in [0.1, 0.15) is 41.5 Å². The Balaban J connectivity index is 1.74.